The molecule has 1 aromatic heterocycles. The van der Waals surface area contributed by atoms with Gasteiger partial charge in [-0.05, 0) is 55.0 Å². The second-order valence-corrected chi connectivity index (χ2v) is 7.80. The number of amides is 1. The molecule has 1 saturated carbocycles. The number of aromatic nitrogens is 1. The highest BCUT2D eigenvalue weighted by atomic mass is 16.5. The number of hydrogen-bond acceptors (Lipinski definition) is 3. The number of nitrogens with zero attached hydrogens (tertiary/aromatic N) is 2. The van der Waals surface area contributed by atoms with E-state index in [1.54, 1.807) is 12.4 Å². The lowest BCUT2D eigenvalue weighted by atomic mass is 9.81. The Morgan fingerprint density at radius 3 is 2.88 bits per heavy atom. The molecule has 1 amide bonds. The normalized spacial score (nSPS) is 24.7. The summed E-state index contributed by atoms with van der Waals surface area (Å²) in [6.45, 7) is 5.05. The van der Waals surface area contributed by atoms with Crippen molar-refractivity contribution in [2.75, 3.05) is 19.7 Å². The summed E-state index contributed by atoms with van der Waals surface area (Å²) in [6, 6.07) is 11.9. The van der Waals surface area contributed by atoms with Crippen LogP contribution in [0.25, 0.3) is 0 Å². The third-order valence-corrected chi connectivity index (χ3v) is 6.11. The Kier molecular flexibility index (Phi) is 4.77. The Hall–Kier alpha value is -2.20. The van der Waals surface area contributed by atoms with Crippen molar-refractivity contribution in [1.29, 1.82) is 0 Å². The van der Waals surface area contributed by atoms with E-state index < -0.39 is 0 Å². The van der Waals surface area contributed by atoms with Gasteiger partial charge >= 0.3 is 0 Å². The first-order chi connectivity index (χ1) is 12.7. The van der Waals surface area contributed by atoms with Crippen molar-refractivity contribution < 1.29 is 9.53 Å². The van der Waals surface area contributed by atoms with Crippen LogP contribution in [0.5, 0.6) is 0 Å². The van der Waals surface area contributed by atoms with E-state index in [0.29, 0.717) is 12.5 Å². The number of likely N-dealkylation sites (tertiary alicyclic amines) is 1. The van der Waals surface area contributed by atoms with E-state index in [1.165, 1.54) is 12.8 Å². The first-order valence-electron chi connectivity index (χ1n) is 9.49. The minimum atomic E-state index is 0.130. The molecule has 136 valence electrons. The van der Waals surface area contributed by atoms with Crippen LogP contribution in [0.1, 0.15) is 40.7 Å². The summed E-state index contributed by atoms with van der Waals surface area (Å²) in [6.07, 6.45) is 7.21. The minimum absolute atomic E-state index is 0.130. The molecule has 2 heterocycles. The van der Waals surface area contributed by atoms with Crippen LogP contribution < -0.4 is 0 Å². The fourth-order valence-corrected chi connectivity index (χ4v) is 4.64. The zero-order valence-corrected chi connectivity index (χ0v) is 15.4. The van der Waals surface area contributed by atoms with Crippen molar-refractivity contribution in [3.8, 4) is 0 Å². The molecule has 2 atom stereocenters. The summed E-state index contributed by atoms with van der Waals surface area (Å²) in [4.78, 5) is 19.1. The smallest absolute Gasteiger partial charge is 0.254 e. The van der Waals surface area contributed by atoms with Crippen LogP contribution in [-0.4, -0.2) is 35.5 Å². The third-order valence-electron chi connectivity index (χ3n) is 6.11. The maximum absolute atomic E-state index is 13.0. The molecule has 4 heteroatoms. The number of pyridine rings is 1. The average molecular weight is 350 g/mol. The van der Waals surface area contributed by atoms with Crippen LogP contribution >= 0.6 is 0 Å². The summed E-state index contributed by atoms with van der Waals surface area (Å²) in [5.74, 6) is 0.735. The number of ether oxygens (including phenoxy) is 1. The van der Waals surface area contributed by atoms with Crippen molar-refractivity contribution in [2.24, 2.45) is 11.3 Å². The molecule has 0 radical (unpaired) electrons. The average Bonchev–Trinajstić information content (AvgIpc) is 3.20. The van der Waals surface area contributed by atoms with Gasteiger partial charge in [0.15, 0.2) is 0 Å². The molecule has 0 N–H and O–H groups in total. The highest BCUT2D eigenvalue weighted by Crippen LogP contribution is 2.49. The molecular weight excluding hydrogens is 324 g/mol. The molecule has 1 saturated heterocycles. The van der Waals surface area contributed by atoms with Gasteiger partial charge in [-0.25, -0.2) is 0 Å². The second kappa shape index (κ2) is 7.20. The summed E-state index contributed by atoms with van der Waals surface area (Å²) < 4.78 is 6.10. The lowest BCUT2D eigenvalue weighted by molar-refractivity contribution is 0.0265. The topological polar surface area (TPSA) is 42.4 Å². The highest BCUT2D eigenvalue weighted by Gasteiger charge is 2.50. The SMILES string of the molecule is Cc1ccccc1C(=O)N1C[C@H]2CCC[C@@]2(COCc2ccncc2)C1. The van der Waals surface area contributed by atoms with E-state index in [-0.39, 0.29) is 11.3 Å². The van der Waals surface area contributed by atoms with Crippen molar-refractivity contribution in [2.45, 2.75) is 32.8 Å². The molecule has 2 aromatic rings. The molecule has 26 heavy (non-hydrogen) atoms. The lowest BCUT2D eigenvalue weighted by Crippen LogP contribution is -2.35. The van der Waals surface area contributed by atoms with Crippen LogP contribution in [0.3, 0.4) is 0 Å². The maximum Gasteiger partial charge on any atom is 0.254 e. The summed E-state index contributed by atoms with van der Waals surface area (Å²) in [5, 5.41) is 0. The number of fused-ring (bicyclic) bond motifs is 1. The standard InChI is InChI=1S/C22H26N2O2/c1-17-5-2-3-7-20(17)21(25)24-13-19-6-4-10-22(19,15-24)16-26-14-18-8-11-23-12-9-18/h2-3,5,7-9,11-12,19H,4,6,10,13-16H2,1H3/t19-,22+/m1/s1. The number of carbonyl (C=O) groups is 1. The first-order valence-corrected chi connectivity index (χ1v) is 9.49. The molecule has 4 rings (SSSR count). The van der Waals surface area contributed by atoms with Gasteiger partial charge in [-0.15, -0.1) is 0 Å². The fourth-order valence-electron chi connectivity index (χ4n) is 4.64. The fraction of sp³-hybridized carbons (Fsp3) is 0.455. The predicted octanol–water partition coefficient (Wildman–Crippen LogP) is 3.85. The van der Waals surface area contributed by atoms with Crippen molar-refractivity contribution in [3.05, 3.63) is 65.5 Å². The molecule has 2 aliphatic rings. The predicted molar refractivity (Wildman–Crippen MR) is 101 cm³/mol. The Labute approximate surface area is 155 Å². The monoisotopic (exact) mass is 350 g/mol. The van der Waals surface area contributed by atoms with E-state index in [4.69, 9.17) is 4.74 Å². The van der Waals surface area contributed by atoms with E-state index in [1.807, 2.05) is 43.3 Å². The molecule has 1 aliphatic heterocycles. The van der Waals surface area contributed by atoms with Crippen LogP contribution in [0.2, 0.25) is 0 Å². The number of carbonyl (C=O) groups excluding carboxylic acids is 1. The van der Waals surface area contributed by atoms with Gasteiger partial charge < -0.3 is 9.64 Å². The van der Waals surface area contributed by atoms with Gasteiger partial charge in [-0.2, -0.15) is 0 Å². The van der Waals surface area contributed by atoms with Crippen LogP contribution in [0.4, 0.5) is 0 Å². The number of rotatable bonds is 5. The van der Waals surface area contributed by atoms with Gasteiger partial charge in [0.2, 0.25) is 0 Å². The third kappa shape index (κ3) is 3.26. The summed E-state index contributed by atoms with van der Waals surface area (Å²) in [7, 11) is 0. The van der Waals surface area contributed by atoms with Gasteiger partial charge in [0, 0.05) is 36.5 Å². The minimum Gasteiger partial charge on any atom is -0.376 e. The van der Waals surface area contributed by atoms with Gasteiger partial charge in [0.05, 0.1) is 13.2 Å². The molecule has 0 bridgehead atoms. The highest BCUT2D eigenvalue weighted by molar-refractivity contribution is 5.95. The number of hydrogen-bond donors (Lipinski definition) is 0. The number of benzene rings is 1. The van der Waals surface area contributed by atoms with Crippen molar-refractivity contribution in [3.63, 3.8) is 0 Å². The summed E-state index contributed by atoms with van der Waals surface area (Å²) in [5.41, 5.74) is 3.17. The summed E-state index contributed by atoms with van der Waals surface area (Å²) >= 11 is 0. The van der Waals surface area contributed by atoms with Crippen LogP contribution in [0.15, 0.2) is 48.8 Å². The zero-order valence-electron chi connectivity index (χ0n) is 15.4. The molecule has 4 nitrogen and oxygen atoms in total. The molecular formula is C22H26N2O2. The van der Waals surface area contributed by atoms with Crippen LogP contribution in [-0.2, 0) is 11.3 Å². The van der Waals surface area contributed by atoms with Gasteiger partial charge in [0.25, 0.3) is 5.91 Å². The Bertz CT molecular complexity index is 777. The van der Waals surface area contributed by atoms with Gasteiger partial charge in [0.1, 0.15) is 0 Å². The van der Waals surface area contributed by atoms with E-state index in [0.717, 1.165) is 42.8 Å². The number of aryl methyl sites for hydroxylation is 1. The van der Waals surface area contributed by atoms with Gasteiger partial charge in [-0.3, -0.25) is 9.78 Å². The maximum atomic E-state index is 13.0. The van der Waals surface area contributed by atoms with E-state index in [2.05, 4.69) is 9.88 Å². The van der Waals surface area contributed by atoms with Crippen molar-refractivity contribution in [1.82, 2.24) is 9.88 Å². The molecule has 1 aromatic carbocycles. The molecule has 0 unspecified atom stereocenters. The Balaban J connectivity index is 1.43. The van der Waals surface area contributed by atoms with E-state index in [9.17, 15) is 4.79 Å². The zero-order chi connectivity index (χ0) is 18.0. The molecule has 2 fully saturated rings. The first kappa shape index (κ1) is 17.2. The Morgan fingerprint density at radius 2 is 2.08 bits per heavy atom. The quantitative estimate of drug-likeness (QED) is 0.822. The Morgan fingerprint density at radius 1 is 1.27 bits per heavy atom. The molecule has 0 spiro atoms. The van der Waals surface area contributed by atoms with E-state index >= 15 is 0 Å². The largest absolute Gasteiger partial charge is 0.376 e. The van der Waals surface area contributed by atoms with Crippen LogP contribution in [0, 0.1) is 18.3 Å². The second-order valence-electron chi connectivity index (χ2n) is 7.80. The van der Waals surface area contributed by atoms with Gasteiger partial charge in [-0.1, -0.05) is 24.6 Å². The van der Waals surface area contributed by atoms with Crippen molar-refractivity contribution >= 4 is 5.91 Å². The lowest BCUT2D eigenvalue weighted by Gasteiger charge is -2.28. The molecule has 1 aliphatic carbocycles.